The Morgan fingerprint density at radius 1 is 1.03 bits per heavy atom. The lowest BCUT2D eigenvalue weighted by Gasteiger charge is -2.17. The van der Waals surface area contributed by atoms with Gasteiger partial charge in [0.25, 0.3) is 5.56 Å². The molecule has 0 radical (unpaired) electrons. The van der Waals surface area contributed by atoms with Crippen LogP contribution >= 0.6 is 11.3 Å². The molecule has 4 heterocycles. The van der Waals surface area contributed by atoms with Crippen LogP contribution in [0, 0.1) is 12.7 Å². The van der Waals surface area contributed by atoms with Crippen molar-refractivity contribution in [2.24, 2.45) is 0 Å². The number of anilines is 2. The minimum atomic E-state index is -0.404. The van der Waals surface area contributed by atoms with Gasteiger partial charge in [-0.15, -0.1) is 11.3 Å². The molecular formula is C29H24FN7OS. The molecule has 2 aromatic carbocycles. The molecule has 0 aliphatic heterocycles. The van der Waals surface area contributed by atoms with Crippen molar-refractivity contribution in [2.45, 2.75) is 26.4 Å². The zero-order chi connectivity index (χ0) is 27.1. The lowest BCUT2D eigenvalue weighted by Crippen LogP contribution is -2.25. The maximum Gasteiger partial charge on any atom is 0.265 e. The van der Waals surface area contributed by atoms with Gasteiger partial charge in [-0.1, -0.05) is 18.2 Å². The zero-order valence-corrected chi connectivity index (χ0v) is 22.0. The summed E-state index contributed by atoms with van der Waals surface area (Å²) in [5.41, 5.74) is 9.40. The normalized spacial score (nSPS) is 12.2. The molecule has 0 aliphatic rings. The monoisotopic (exact) mass is 537 g/mol. The molecule has 0 saturated heterocycles. The van der Waals surface area contributed by atoms with Gasteiger partial charge in [-0.05, 0) is 66.9 Å². The number of nitrogens with zero attached hydrogens (tertiary/aromatic N) is 5. The predicted octanol–water partition coefficient (Wildman–Crippen LogP) is 5.71. The molecule has 0 amide bonds. The number of thiophene rings is 1. The molecule has 39 heavy (non-hydrogen) atoms. The smallest absolute Gasteiger partial charge is 0.265 e. The molecular weight excluding hydrogens is 513 g/mol. The Balaban J connectivity index is 1.28. The number of hydrogen-bond acceptors (Lipinski definition) is 8. The molecule has 8 nitrogen and oxygen atoms in total. The minimum Gasteiger partial charge on any atom is -0.383 e. The third-order valence-electron chi connectivity index (χ3n) is 6.84. The second-order valence-corrected chi connectivity index (χ2v) is 10.5. The number of hydrogen-bond donors (Lipinski definition) is 2. The molecule has 194 valence electrons. The average molecular weight is 538 g/mol. The highest BCUT2D eigenvalue weighted by molar-refractivity contribution is 7.15. The van der Waals surface area contributed by atoms with E-state index in [9.17, 15) is 9.18 Å². The van der Waals surface area contributed by atoms with E-state index >= 15 is 0 Å². The van der Waals surface area contributed by atoms with Crippen LogP contribution in [0.1, 0.15) is 29.0 Å². The van der Waals surface area contributed by atoms with Gasteiger partial charge in [0.2, 0.25) is 0 Å². The number of rotatable bonds is 6. The van der Waals surface area contributed by atoms with E-state index in [1.807, 2.05) is 37.3 Å². The first-order valence-corrected chi connectivity index (χ1v) is 13.2. The Hall–Kier alpha value is -4.70. The van der Waals surface area contributed by atoms with E-state index in [-0.39, 0.29) is 11.4 Å². The van der Waals surface area contributed by atoms with Crippen LogP contribution in [0.2, 0.25) is 0 Å². The van der Waals surface area contributed by atoms with Gasteiger partial charge in [0.05, 0.1) is 29.9 Å². The third-order valence-corrected chi connectivity index (χ3v) is 7.97. The highest BCUT2D eigenvalue weighted by Crippen LogP contribution is 2.32. The van der Waals surface area contributed by atoms with Crippen molar-refractivity contribution in [3.05, 3.63) is 106 Å². The molecule has 0 spiro atoms. The number of nitrogens with two attached hydrogens (primary N) is 1. The summed E-state index contributed by atoms with van der Waals surface area (Å²) >= 11 is 1.63. The molecule has 0 aliphatic carbocycles. The van der Waals surface area contributed by atoms with E-state index in [4.69, 9.17) is 5.73 Å². The average Bonchev–Trinajstić information content (AvgIpc) is 3.42. The molecule has 0 unspecified atom stereocenters. The topological polar surface area (TPSA) is 112 Å². The van der Waals surface area contributed by atoms with Crippen molar-refractivity contribution in [3.8, 4) is 10.4 Å². The van der Waals surface area contributed by atoms with E-state index in [2.05, 4.69) is 31.3 Å². The summed E-state index contributed by atoms with van der Waals surface area (Å²) in [4.78, 5) is 33.0. The molecule has 0 saturated carbocycles. The van der Waals surface area contributed by atoms with Crippen molar-refractivity contribution in [2.75, 3.05) is 11.1 Å². The number of aromatic nitrogens is 5. The third kappa shape index (κ3) is 4.59. The first-order chi connectivity index (χ1) is 18.9. The summed E-state index contributed by atoms with van der Waals surface area (Å²) in [6, 6.07) is 16.3. The molecule has 1 atom stereocenters. The largest absolute Gasteiger partial charge is 0.383 e. The van der Waals surface area contributed by atoms with Crippen molar-refractivity contribution in [1.29, 1.82) is 0 Å². The predicted molar refractivity (Wildman–Crippen MR) is 153 cm³/mol. The second-order valence-electron chi connectivity index (χ2n) is 9.31. The summed E-state index contributed by atoms with van der Waals surface area (Å²) in [6.07, 6.45) is 4.59. The van der Waals surface area contributed by atoms with Gasteiger partial charge in [0, 0.05) is 21.3 Å². The molecule has 6 aromatic rings. The van der Waals surface area contributed by atoms with Crippen molar-refractivity contribution in [1.82, 2.24) is 24.5 Å². The molecule has 3 N–H and O–H groups in total. The van der Waals surface area contributed by atoms with E-state index in [0.717, 1.165) is 26.2 Å². The summed E-state index contributed by atoms with van der Waals surface area (Å²) in [6.45, 7) is 4.03. The Morgan fingerprint density at radius 3 is 2.74 bits per heavy atom. The quantitative estimate of drug-likeness (QED) is 0.280. The van der Waals surface area contributed by atoms with Crippen molar-refractivity contribution in [3.63, 3.8) is 0 Å². The van der Waals surface area contributed by atoms with Crippen LogP contribution in [0.5, 0.6) is 0 Å². The van der Waals surface area contributed by atoms with Gasteiger partial charge in [-0.2, -0.15) is 0 Å². The molecule has 6 rings (SSSR count). The maximum absolute atomic E-state index is 14.2. The number of halogens is 1. The Morgan fingerprint density at radius 2 is 1.90 bits per heavy atom. The fraction of sp³-hybridized carbons (Fsp3) is 0.138. The van der Waals surface area contributed by atoms with Crippen LogP contribution in [0.4, 0.5) is 16.0 Å². The molecule has 10 heteroatoms. The lowest BCUT2D eigenvalue weighted by atomic mass is 10.1. The van der Waals surface area contributed by atoms with Crippen LogP contribution < -0.4 is 16.6 Å². The van der Waals surface area contributed by atoms with Gasteiger partial charge >= 0.3 is 0 Å². The van der Waals surface area contributed by atoms with Gasteiger partial charge < -0.3 is 11.1 Å². The van der Waals surface area contributed by atoms with E-state index in [0.29, 0.717) is 40.2 Å². The highest BCUT2D eigenvalue weighted by atomic mass is 32.1. The van der Waals surface area contributed by atoms with Gasteiger partial charge in [0.15, 0.2) is 0 Å². The fourth-order valence-electron chi connectivity index (χ4n) is 4.54. The standard InChI is InChI=1S/C29H24FN7OS/c1-16-3-4-18(12-22(16)30)17(2)37-15-36-24-9-10-32-28(26(24)29(37)38)33-13-20-6-8-25(39-20)19-5-7-23-21(11-19)27(31)35-14-34-23/h3-12,14-15,17H,13H2,1-2H3,(H,32,33)(H2,31,34,35)/t17-/m0/s1. The van der Waals surface area contributed by atoms with Crippen LogP contribution in [0.15, 0.2) is 78.2 Å². The van der Waals surface area contributed by atoms with Crippen LogP contribution in [0.3, 0.4) is 0 Å². The molecule has 0 fully saturated rings. The summed E-state index contributed by atoms with van der Waals surface area (Å²) < 4.78 is 15.7. The highest BCUT2D eigenvalue weighted by Gasteiger charge is 2.16. The van der Waals surface area contributed by atoms with E-state index in [1.54, 1.807) is 36.6 Å². The maximum atomic E-state index is 14.2. The Labute approximate surface area is 227 Å². The number of pyridine rings is 1. The fourth-order valence-corrected chi connectivity index (χ4v) is 5.49. The number of fused-ring (bicyclic) bond motifs is 2. The van der Waals surface area contributed by atoms with Crippen LogP contribution in [-0.2, 0) is 6.54 Å². The van der Waals surface area contributed by atoms with Crippen molar-refractivity contribution < 1.29 is 4.39 Å². The first-order valence-electron chi connectivity index (χ1n) is 12.3. The minimum absolute atomic E-state index is 0.244. The Kier molecular flexibility index (Phi) is 6.24. The summed E-state index contributed by atoms with van der Waals surface area (Å²) in [5, 5.41) is 4.52. The number of benzene rings is 2. The van der Waals surface area contributed by atoms with Gasteiger partial charge in [-0.3, -0.25) is 9.36 Å². The number of nitrogen functional groups attached to an aromatic ring is 1. The number of aryl methyl sites for hydroxylation is 1. The Bertz CT molecular complexity index is 1920. The molecule has 4 aromatic heterocycles. The van der Waals surface area contributed by atoms with E-state index in [1.165, 1.54) is 23.3 Å². The van der Waals surface area contributed by atoms with Gasteiger partial charge in [0.1, 0.15) is 29.2 Å². The zero-order valence-electron chi connectivity index (χ0n) is 21.2. The van der Waals surface area contributed by atoms with Crippen LogP contribution in [-0.4, -0.2) is 24.5 Å². The lowest BCUT2D eigenvalue weighted by molar-refractivity contribution is 0.585. The van der Waals surface area contributed by atoms with Crippen molar-refractivity contribution >= 4 is 44.8 Å². The SMILES string of the molecule is Cc1ccc([C@H](C)n2cnc3ccnc(NCc4ccc(-c5ccc6ncnc(N)c6c5)s4)c3c2=O)cc1F. The molecule has 0 bridgehead atoms. The van der Waals surface area contributed by atoms with Crippen LogP contribution in [0.25, 0.3) is 32.2 Å². The van der Waals surface area contributed by atoms with E-state index < -0.39 is 6.04 Å². The second kappa shape index (κ2) is 9.88. The first kappa shape index (κ1) is 24.6. The summed E-state index contributed by atoms with van der Waals surface area (Å²) in [7, 11) is 0. The number of nitrogens with one attached hydrogen (secondary N) is 1. The summed E-state index contributed by atoms with van der Waals surface area (Å²) in [5.74, 6) is 0.594. The van der Waals surface area contributed by atoms with Gasteiger partial charge in [-0.25, -0.2) is 24.3 Å².